The van der Waals surface area contributed by atoms with Crippen LogP contribution >= 0.6 is 0 Å². The molecule has 1 N–H and O–H groups in total. The standard InChI is InChI=1S/C17H14F4N2O2/c18-13-5-11(7-22-8-13)16(25)23-9-14(24)6-15(23)10-2-1-3-12(4-10)17(19,20)21/h1-5,7-8,14-15,24H,6,9H2/t14-,15+/m1/s1. The Morgan fingerprint density at radius 2 is 2.00 bits per heavy atom. The second-order valence-electron chi connectivity index (χ2n) is 5.88. The summed E-state index contributed by atoms with van der Waals surface area (Å²) in [7, 11) is 0. The first kappa shape index (κ1) is 17.3. The van der Waals surface area contributed by atoms with Crippen molar-refractivity contribution < 1.29 is 27.5 Å². The zero-order valence-corrected chi connectivity index (χ0v) is 12.9. The zero-order valence-electron chi connectivity index (χ0n) is 12.9. The lowest BCUT2D eigenvalue weighted by Crippen LogP contribution is -2.32. The minimum Gasteiger partial charge on any atom is -0.391 e. The molecular formula is C17H14F4N2O2. The molecule has 0 bridgehead atoms. The Hall–Kier alpha value is -2.48. The highest BCUT2D eigenvalue weighted by Crippen LogP contribution is 2.36. The highest BCUT2D eigenvalue weighted by atomic mass is 19.4. The molecule has 1 aliphatic rings. The third-order valence-electron chi connectivity index (χ3n) is 4.09. The molecule has 0 aliphatic carbocycles. The number of carbonyl (C=O) groups is 1. The number of amides is 1. The number of nitrogens with zero attached hydrogens (tertiary/aromatic N) is 2. The Kier molecular flexibility index (Phi) is 4.47. The topological polar surface area (TPSA) is 53.4 Å². The van der Waals surface area contributed by atoms with Crippen LogP contribution in [0, 0.1) is 5.82 Å². The van der Waals surface area contributed by atoms with E-state index in [2.05, 4.69) is 4.98 Å². The molecule has 132 valence electrons. The van der Waals surface area contributed by atoms with Crippen molar-refractivity contribution in [2.75, 3.05) is 6.54 Å². The number of aromatic nitrogens is 1. The maximum Gasteiger partial charge on any atom is 0.416 e. The van der Waals surface area contributed by atoms with Gasteiger partial charge in [0.15, 0.2) is 0 Å². The summed E-state index contributed by atoms with van der Waals surface area (Å²) < 4.78 is 52.0. The molecular weight excluding hydrogens is 340 g/mol. The molecule has 4 nitrogen and oxygen atoms in total. The largest absolute Gasteiger partial charge is 0.416 e. The van der Waals surface area contributed by atoms with Crippen molar-refractivity contribution >= 4 is 5.91 Å². The number of likely N-dealkylation sites (tertiary alicyclic amines) is 1. The van der Waals surface area contributed by atoms with Gasteiger partial charge in [0.1, 0.15) is 5.82 Å². The Morgan fingerprint density at radius 3 is 2.68 bits per heavy atom. The van der Waals surface area contributed by atoms with E-state index in [1.807, 2.05) is 0 Å². The van der Waals surface area contributed by atoms with E-state index in [9.17, 15) is 27.5 Å². The monoisotopic (exact) mass is 354 g/mol. The number of pyridine rings is 1. The fraction of sp³-hybridized carbons (Fsp3) is 0.294. The SMILES string of the molecule is O=C(c1cncc(F)c1)N1C[C@H](O)C[C@H]1c1cccc(C(F)(F)F)c1. The van der Waals surface area contributed by atoms with Crippen molar-refractivity contribution in [3.8, 4) is 0 Å². The van der Waals surface area contributed by atoms with Gasteiger partial charge >= 0.3 is 6.18 Å². The van der Waals surface area contributed by atoms with E-state index in [4.69, 9.17) is 0 Å². The quantitative estimate of drug-likeness (QED) is 0.843. The molecule has 1 amide bonds. The molecule has 0 unspecified atom stereocenters. The predicted octanol–water partition coefficient (Wildman–Crippen LogP) is 3.19. The number of benzene rings is 1. The summed E-state index contributed by atoms with van der Waals surface area (Å²) in [5.74, 6) is -1.29. The van der Waals surface area contributed by atoms with Crippen LogP contribution in [0.5, 0.6) is 0 Å². The van der Waals surface area contributed by atoms with Crippen LogP contribution in [0.3, 0.4) is 0 Å². The Bertz CT molecular complexity index is 794. The first-order valence-corrected chi connectivity index (χ1v) is 7.52. The van der Waals surface area contributed by atoms with Gasteiger partial charge < -0.3 is 10.0 Å². The second kappa shape index (κ2) is 6.44. The third kappa shape index (κ3) is 3.63. The summed E-state index contributed by atoms with van der Waals surface area (Å²) in [6.07, 6.45) is -3.14. The minimum atomic E-state index is -4.51. The maximum absolute atomic E-state index is 13.3. The molecule has 8 heteroatoms. The first-order chi connectivity index (χ1) is 11.8. The molecule has 3 rings (SSSR count). The van der Waals surface area contributed by atoms with E-state index in [1.165, 1.54) is 23.2 Å². The molecule has 0 radical (unpaired) electrons. The summed E-state index contributed by atoms with van der Waals surface area (Å²) >= 11 is 0. The van der Waals surface area contributed by atoms with E-state index in [-0.39, 0.29) is 24.1 Å². The van der Waals surface area contributed by atoms with Gasteiger partial charge in [-0.1, -0.05) is 12.1 Å². The van der Waals surface area contributed by atoms with Crippen LogP contribution in [-0.2, 0) is 6.18 Å². The summed E-state index contributed by atoms with van der Waals surface area (Å²) in [5.41, 5.74) is -0.582. The summed E-state index contributed by atoms with van der Waals surface area (Å²) in [6.45, 7) is -0.0454. The van der Waals surface area contributed by atoms with Gasteiger partial charge in [0.25, 0.3) is 5.91 Å². The molecule has 25 heavy (non-hydrogen) atoms. The Balaban J connectivity index is 1.94. The number of aliphatic hydroxyl groups is 1. The van der Waals surface area contributed by atoms with Crippen LogP contribution < -0.4 is 0 Å². The van der Waals surface area contributed by atoms with Crippen molar-refractivity contribution in [3.63, 3.8) is 0 Å². The minimum absolute atomic E-state index is 0.0222. The number of carbonyl (C=O) groups excluding carboxylic acids is 1. The molecule has 1 aromatic heterocycles. The molecule has 0 spiro atoms. The summed E-state index contributed by atoms with van der Waals surface area (Å²) in [4.78, 5) is 17.4. The van der Waals surface area contributed by atoms with Gasteiger partial charge in [0, 0.05) is 12.7 Å². The molecule has 1 saturated heterocycles. The van der Waals surface area contributed by atoms with Gasteiger partial charge in [-0.05, 0) is 30.2 Å². The number of hydrogen-bond acceptors (Lipinski definition) is 3. The normalized spacial score (nSPS) is 20.8. The molecule has 0 saturated carbocycles. The van der Waals surface area contributed by atoms with Crippen molar-refractivity contribution in [2.45, 2.75) is 24.7 Å². The van der Waals surface area contributed by atoms with E-state index < -0.39 is 35.6 Å². The van der Waals surface area contributed by atoms with E-state index in [1.54, 1.807) is 0 Å². The molecule has 1 fully saturated rings. The lowest BCUT2D eigenvalue weighted by molar-refractivity contribution is -0.137. The van der Waals surface area contributed by atoms with Crippen LogP contribution in [0.25, 0.3) is 0 Å². The van der Waals surface area contributed by atoms with Gasteiger partial charge in [-0.2, -0.15) is 13.2 Å². The number of rotatable bonds is 2. The van der Waals surface area contributed by atoms with Gasteiger partial charge in [0.2, 0.25) is 0 Å². The van der Waals surface area contributed by atoms with Crippen molar-refractivity contribution in [3.05, 3.63) is 65.2 Å². The number of aliphatic hydroxyl groups excluding tert-OH is 1. The van der Waals surface area contributed by atoms with Crippen molar-refractivity contribution in [2.24, 2.45) is 0 Å². The van der Waals surface area contributed by atoms with Crippen LogP contribution in [0.2, 0.25) is 0 Å². The van der Waals surface area contributed by atoms with E-state index in [0.29, 0.717) is 0 Å². The third-order valence-corrected chi connectivity index (χ3v) is 4.09. The summed E-state index contributed by atoms with van der Waals surface area (Å²) in [6, 6.07) is 4.92. The Labute approximate surface area is 140 Å². The molecule has 2 heterocycles. The van der Waals surface area contributed by atoms with Crippen LogP contribution in [0.1, 0.15) is 33.9 Å². The number of halogens is 4. The average Bonchev–Trinajstić information content (AvgIpc) is 2.95. The number of alkyl halides is 3. The van der Waals surface area contributed by atoms with Gasteiger partial charge in [-0.25, -0.2) is 4.39 Å². The summed E-state index contributed by atoms with van der Waals surface area (Å²) in [5, 5.41) is 9.91. The molecule has 1 aromatic carbocycles. The molecule has 1 aliphatic heterocycles. The fourth-order valence-electron chi connectivity index (χ4n) is 2.97. The highest BCUT2D eigenvalue weighted by Gasteiger charge is 2.37. The zero-order chi connectivity index (χ0) is 18.2. The average molecular weight is 354 g/mol. The van der Waals surface area contributed by atoms with E-state index >= 15 is 0 Å². The predicted molar refractivity (Wildman–Crippen MR) is 80.0 cm³/mol. The number of β-amino-alcohol motifs (C(OH)–C–C–N with tert-alkyl or cyclic N) is 1. The van der Waals surface area contributed by atoms with Gasteiger partial charge in [0.05, 0.1) is 29.5 Å². The smallest absolute Gasteiger partial charge is 0.391 e. The lowest BCUT2D eigenvalue weighted by atomic mass is 10.0. The van der Waals surface area contributed by atoms with Crippen molar-refractivity contribution in [1.82, 2.24) is 9.88 Å². The van der Waals surface area contributed by atoms with Crippen LogP contribution in [-0.4, -0.2) is 33.5 Å². The Morgan fingerprint density at radius 1 is 1.24 bits per heavy atom. The van der Waals surface area contributed by atoms with Crippen LogP contribution in [0.4, 0.5) is 17.6 Å². The second-order valence-corrected chi connectivity index (χ2v) is 5.88. The molecule has 2 atom stereocenters. The first-order valence-electron chi connectivity index (χ1n) is 7.52. The van der Waals surface area contributed by atoms with Gasteiger partial charge in [-0.3, -0.25) is 9.78 Å². The van der Waals surface area contributed by atoms with Gasteiger partial charge in [-0.15, -0.1) is 0 Å². The molecule has 2 aromatic rings. The maximum atomic E-state index is 13.3. The van der Waals surface area contributed by atoms with Crippen molar-refractivity contribution in [1.29, 1.82) is 0 Å². The lowest BCUT2D eigenvalue weighted by Gasteiger charge is -2.25. The van der Waals surface area contributed by atoms with Crippen LogP contribution in [0.15, 0.2) is 42.7 Å². The van der Waals surface area contributed by atoms with E-state index in [0.717, 1.165) is 24.4 Å². The number of hydrogen-bond donors (Lipinski definition) is 1. The highest BCUT2D eigenvalue weighted by molar-refractivity contribution is 5.94. The fourth-order valence-corrected chi connectivity index (χ4v) is 2.97.